The van der Waals surface area contributed by atoms with E-state index in [1.165, 1.54) is 4.90 Å². The van der Waals surface area contributed by atoms with Crippen molar-refractivity contribution in [3.05, 3.63) is 35.9 Å². The number of benzene rings is 1. The van der Waals surface area contributed by atoms with Gasteiger partial charge in [-0.3, -0.25) is 19.3 Å². The maximum absolute atomic E-state index is 13.1. The van der Waals surface area contributed by atoms with Crippen LogP contribution in [-0.4, -0.2) is 53.5 Å². The summed E-state index contributed by atoms with van der Waals surface area (Å²) in [5, 5.41) is 12.5. The smallest absolute Gasteiger partial charge is 0.408 e. The van der Waals surface area contributed by atoms with Crippen LogP contribution in [0.3, 0.4) is 0 Å². The third-order valence-electron chi connectivity index (χ3n) is 5.08. The molecule has 0 aliphatic carbocycles. The van der Waals surface area contributed by atoms with E-state index in [1.807, 2.05) is 30.3 Å². The second-order valence-corrected chi connectivity index (χ2v) is 7.29. The normalized spacial score (nSPS) is 17.6. The van der Waals surface area contributed by atoms with Crippen LogP contribution in [-0.2, 0) is 21.0 Å². The van der Waals surface area contributed by atoms with Crippen LogP contribution in [0.2, 0.25) is 0 Å². The number of unbranched alkanes of at least 4 members (excludes halogenated alkanes) is 2. The van der Waals surface area contributed by atoms with E-state index >= 15 is 0 Å². The molecule has 3 N–H and O–H groups in total. The van der Waals surface area contributed by atoms with Crippen molar-refractivity contribution in [3.8, 4) is 0 Å². The minimum absolute atomic E-state index is 0.0126. The molecular weight excluding hydrogens is 374 g/mol. The Kier molecular flexibility index (Phi) is 9.59. The summed E-state index contributed by atoms with van der Waals surface area (Å²) in [7, 11) is 0. The summed E-state index contributed by atoms with van der Waals surface area (Å²) in [6.45, 7) is 3.37. The molecule has 0 saturated carbocycles. The van der Waals surface area contributed by atoms with Crippen LogP contribution in [0.5, 0.6) is 0 Å². The van der Waals surface area contributed by atoms with E-state index in [9.17, 15) is 19.5 Å². The maximum atomic E-state index is 13.1. The molecule has 0 bridgehead atoms. The lowest BCUT2D eigenvalue weighted by Crippen LogP contribution is -2.58. The van der Waals surface area contributed by atoms with Crippen LogP contribution in [0.15, 0.2) is 30.3 Å². The van der Waals surface area contributed by atoms with Gasteiger partial charge in [0.15, 0.2) is 5.78 Å². The number of Topliss-reactive ketones (excluding diaryl/α,β-unsaturated/α-hetero) is 1. The summed E-state index contributed by atoms with van der Waals surface area (Å²) in [5.41, 5.74) is 3.33. The Morgan fingerprint density at radius 2 is 2.03 bits per heavy atom. The van der Waals surface area contributed by atoms with E-state index in [0.29, 0.717) is 13.0 Å². The van der Waals surface area contributed by atoms with Gasteiger partial charge in [0.25, 0.3) is 0 Å². The first-order valence-electron chi connectivity index (χ1n) is 10.2. The highest BCUT2D eigenvalue weighted by molar-refractivity contribution is 5.92. The van der Waals surface area contributed by atoms with Crippen molar-refractivity contribution in [2.75, 3.05) is 19.6 Å². The molecule has 8 heteroatoms. The standard InChI is InChI=1S/C21H31N3O5/c1-2-3-5-10-17(20(26)18-14-22-11-12-24(18)21(27)28)13-19(25)23-29-15-16-8-6-4-7-9-16/h4,6-9,17-18,22H,2-3,5,10-15H2,1H3,(H,23,25)(H,27,28)/t17-,18+/m1/s1. The molecule has 1 aromatic rings. The van der Waals surface area contributed by atoms with Crippen molar-refractivity contribution in [1.29, 1.82) is 0 Å². The molecule has 1 fully saturated rings. The average molecular weight is 405 g/mol. The number of rotatable bonds is 11. The minimum atomic E-state index is -1.10. The van der Waals surface area contributed by atoms with Crippen LogP contribution < -0.4 is 10.8 Å². The maximum Gasteiger partial charge on any atom is 0.408 e. The molecule has 29 heavy (non-hydrogen) atoms. The third-order valence-corrected chi connectivity index (χ3v) is 5.08. The minimum Gasteiger partial charge on any atom is -0.465 e. The zero-order valence-corrected chi connectivity index (χ0v) is 16.9. The average Bonchev–Trinajstić information content (AvgIpc) is 2.73. The van der Waals surface area contributed by atoms with E-state index in [4.69, 9.17) is 4.84 Å². The zero-order chi connectivity index (χ0) is 21.1. The van der Waals surface area contributed by atoms with Gasteiger partial charge >= 0.3 is 6.09 Å². The largest absolute Gasteiger partial charge is 0.465 e. The Morgan fingerprint density at radius 3 is 2.72 bits per heavy atom. The summed E-state index contributed by atoms with van der Waals surface area (Å²) in [4.78, 5) is 43.4. The molecule has 1 saturated heterocycles. The molecule has 0 unspecified atom stereocenters. The number of hydroxylamine groups is 1. The topological polar surface area (TPSA) is 108 Å². The quantitative estimate of drug-likeness (QED) is 0.385. The van der Waals surface area contributed by atoms with E-state index in [1.54, 1.807) is 0 Å². The second-order valence-electron chi connectivity index (χ2n) is 7.29. The van der Waals surface area contributed by atoms with Crippen LogP contribution in [0.1, 0.15) is 44.6 Å². The van der Waals surface area contributed by atoms with E-state index < -0.39 is 18.1 Å². The lowest BCUT2D eigenvalue weighted by Gasteiger charge is -2.35. The highest BCUT2D eigenvalue weighted by Crippen LogP contribution is 2.20. The van der Waals surface area contributed by atoms with Gasteiger partial charge in [0.2, 0.25) is 5.91 Å². The van der Waals surface area contributed by atoms with Gasteiger partial charge in [0.05, 0.1) is 6.61 Å². The number of ketones is 1. The summed E-state index contributed by atoms with van der Waals surface area (Å²) < 4.78 is 0. The van der Waals surface area contributed by atoms with Gasteiger partial charge in [-0.15, -0.1) is 0 Å². The number of nitrogens with one attached hydrogen (secondary N) is 2. The van der Waals surface area contributed by atoms with Gasteiger partial charge in [-0.2, -0.15) is 0 Å². The molecule has 2 amide bonds. The number of piperazine rings is 1. The molecule has 1 aliphatic heterocycles. The van der Waals surface area contributed by atoms with E-state index in [0.717, 1.165) is 24.8 Å². The highest BCUT2D eigenvalue weighted by Gasteiger charge is 2.36. The first-order valence-corrected chi connectivity index (χ1v) is 10.2. The molecule has 0 aromatic heterocycles. The van der Waals surface area contributed by atoms with Gasteiger partial charge in [-0.25, -0.2) is 10.3 Å². The lowest BCUT2D eigenvalue weighted by molar-refractivity contribution is -0.139. The SMILES string of the molecule is CCCCC[C@H](CC(=O)NOCc1ccccc1)C(=O)[C@@H]1CNCCN1C(=O)O. The summed E-state index contributed by atoms with van der Waals surface area (Å²) in [6, 6.07) is 8.69. The second kappa shape index (κ2) is 12.2. The van der Waals surface area contributed by atoms with Crippen LogP contribution in [0.4, 0.5) is 4.79 Å². The van der Waals surface area contributed by atoms with Crippen molar-refractivity contribution in [1.82, 2.24) is 15.7 Å². The number of carboxylic acid groups (broad SMARTS) is 1. The number of hydrogen-bond donors (Lipinski definition) is 3. The molecular formula is C21H31N3O5. The van der Waals surface area contributed by atoms with Crippen molar-refractivity contribution in [3.63, 3.8) is 0 Å². The molecule has 1 heterocycles. The lowest BCUT2D eigenvalue weighted by atomic mass is 9.88. The zero-order valence-electron chi connectivity index (χ0n) is 16.9. The van der Waals surface area contributed by atoms with Crippen LogP contribution in [0.25, 0.3) is 0 Å². The Hall–Kier alpha value is -2.45. The third kappa shape index (κ3) is 7.47. The fourth-order valence-corrected chi connectivity index (χ4v) is 3.48. The van der Waals surface area contributed by atoms with Gasteiger partial charge in [-0.05, 0) is 12.0 Å². The highest BCUT2D eigenvalue weighted by atomic mass is 16.6. The Balaban J connectivity index is 1.93. The van der Waals surface area contributed by atoms with Gasteiger partial charge in [0.1, 0.15) is 6.04 Å². The monoisotopic (exact) mass is 405 g/mol. The molecule has 2 atom stereocenters. The molecule has 0 radical (unpaired) electrons. The molecule has 1 aromatic carbocycles. The van der Waals surface area contributed by atoms with Gasteiger partial charge < -0.3 is 10.4 Å². The Morgan fingerprint density at radius 1 is 1.28 bits per heavy atom. The summed E-state index contributed by atoms with van der Waals surface area (Å²) in [6.07, 6.45) is 2.22. The molecule has 0 spiro atoms. The van der Waals surface area contributed by atoms with Crippen molar-refractivity contribution in [2.24, 2.45) is 5.92 Å². The van der Waals surface area contributed by atoms with Gasteiger partial charge in [-0.1, -0.05) is 56.5 Å². The predicted molar refractivity (Wildman–Crippen MR) is 108 cm³/mol. The van der Waals surface area contributed by atoms with Crippen LogP contribution >= 0.6 is 0 Å². The Labute approximate surface area is 171 Å². The number of hydrogen-bond acceptors (Lipinski definition) is 5. The van der Waals surface area contributed by atoms with Crippen LogP contribution in [0, 0.1) is 5.92 Å². The number of carbonyl (C=O) groups is 3. The Bertz CT molecular complexity index is 668. The summed E-state index contributed by atoms with van der Waals surface area (Å²) >= 11 is 0. The molecule has 2 rings (SSSR count). The first kappa shape index (κ1) is 22.8. The number of carbonyl (C=O) groups excluding carboxylic acids is 2. The molecule has 160 valence electrons. The number of amides is 2. The fourth-order valence-electron chi connectivity index (χ4n) is 3.48. The van der Waals surface area contributed by atoms with E-state index in [-0.39, 0.29) is 37.8 Å². The van der Waals surface area contributed by atoms with Gasteiger partial charge in [0, 0.05) is 32.0 Å². The van der Waals surface area contributed by atoms with E-state index in [2.05, 4.69) is 17.7 Å². The van der Waals surface area contributed by atoms with Crippen molar-refractivity contribution in [2.45, 2.75) is 51.7 Å². The predicted octanol–water partition coefficient (Wildman–Crippen LogP) is 2.34. The van der Waals surface area contributed by atoms with Crippen molar-refractivity contribution < 1.29 is 24.3 Å². The number of nitrogens with zero attached hydrogens (tertiary/aromatic N) is 1. The van der Waals surface area contributed by atoms with Crippen molar-refractivity contribution >= 4 is 17.8 Å². The fraction of sp³-hybridized carbons (Fsp3) is 0.571. The molecule has 1 aliphatic rings. The first-order chi connectivity index (χ1) is 14.0. The summed E-state index contributed by atoms with van der Waals surface area (Å²) in [5.74, 6) is -1.11. The molecule has 8 nitrogen and oxygen atoms in total.